The molecule has 5 heteroatoms. The average Bonchev–Trinajstić information content (AvgIpc) is 2.88. The van der Waals surface area contributed by atoms with Crippen LogP contribution in [0.2, 0.25) is 0 Å². The maximum absolute atomic E-state index is 12.9. The van der Waals surface area contributed by atoms with Crippen molar-refractivity contribution in [3.05, 3.63) is 42.2 Å². The molecule has 0 saturated heterocycles. The molecular weight excluding hydrogens is 271 g/mol. The van der Waals surface area contributed by atoms with Crippen molar-refractivity contribution in [1.29, 1.82) is 0 Å². The fourth-order valence-corrected chi connectivity index (χ4v) is 1.71. The predicted molar refractivity (Wildman–Crippen MR) is 77.9 cm³/mol. The van der Waals surface area contributed by atoms with Crippen molar-refractivity contribution in [1.82, 2.24) is 10.3 Å². The zero-order valence-electron chi connectivity index (χ0n) is 12.6. The molecule has 0 aliphatic heterocycles. The summed E-state index contributed by atoms with van der Waals surface area (Å²) in [7, 11) is 0. The summed E-state index contributed by atoms with van der Waals surface area (Å²) in [6, 6.07) is 5.65. The van der Waals surface area contributed by atoms with Crippen LogP contribution in [-0.4, -0.2) is 10.9 Å². The van der Waals surface area contributed by atoms with Gasteiger partial charge in [-0.1, -0.05) is 20.8 Å². The summed E-state index contributed by atoms with van der Waals surface area (Å²) in [5.74, 6) is 0.592. The molecule has 1 unspecified atom stereocenters. The fourth-order valence-electron chi connectivity index (χ4n) is 1.71. The molecule has 0 aliphatic carbocycles. The molecule has 0 fully saturated rings. The van der Waals surface area contributed by atoms with Gasteiger partial charge >= 0.3 is 0 Å². The molecule has 21 heavy (non-hydrogen) atoms. The first-order chi connectivity index (χ1) is 9.77. The Labute approximate surface area is 123 Å². The number of nitrogens with one attached hydrogen (secondary N) is 1. The molecule has 0 spiro atoms. The van der Waals surface area contributed by atoms with Gasteiger partial charge in [-0.15, -0.1) is 0 Å². The number of amides is 1. The summed E-state index contributed by atoms with van der Waals surface area (Å²) in [6.07, 6.45) is 1.57. The molecule has 4 nitrogen and oxygen atoms in total. The predicted octanol–water partition coefficient (Wildman–Crippen LogP) is 3.70. The van der Waals surface area contributed by atoms with E-state index in [4.69, 9.17) is 4.42 Å². The minimum Gasteiger partial charge on any atom is -0.438 e. The first-order valence-corrected chi connectivity index (χ1v) is 6.80. The number of hydrogen-bond donors (Lipinski definition) is 1. The van der Waals surface area contributed by atoms with Gasteiger partial charge in [0.1, 0.15) is 11.9 Å². The standard InChI is InChI=1S/C16H19FN2O2/c1-10(19-15(20)16(2,3)4)14-18-9-13(21-14)11-5-7-12(17)8-6-11/h5-10H,1-4H3,(H,19,20). The van der Waals surface area contributed by atoms with Crippen molar-refractivity contribution in [2.75, 3.05) is 0 Å². The van der Waals surface area contributed by atoms with E-state index < -0.39 is 5.41 Å². The summed E-state index contributed by atoms with van der Waals surface area (Å²) in [5.41, 5.74) is 0.269. The molecule has 0 bridgehead atoms. The van der Waals surface area contributed by atoms with Crippen LogP contribution in [0.1, 0.15) is 39.6 Å². The second-order valence-electron chi connectivity index (χ2n) is 6.01. The van der Waals surface area contributed by atoms with E-state index >= 15 is 0 Å². The SMILES string of the molecule is CC(NC(=O)C(C)(C)C)c1ncc(-c2ccc(F)cc2)o1. The summed E-state index contributed by atoms with van der Waals surface area (Å²) in [6.45, 7) is 7.33. The fraction of sp³-hybridized carbons (Fsp3) is 0.375. The minimum absolute atomic E-state index is 0.0727. The largest absolute Gasteiger partial charge is 0.438 e. The topological polar surface area (TPSA) is 55.1 Å². The maximum atomic E-state index is 12.9. The number of carbonyl (C=O) groups is 1. The van der Waals surface area contributed by atoms with Crippen LogP contribution >= 0.6 is 0 Å². The van der Waals surface area contributed by atoms with Crippen LogP contribution in [0.25, 0.3) is 11.3 Å². The lowest BCUT2D eigenvalue weighted by molar-refractivity contribution is -0.129. The third-order valence-electron chi connectivity index (χ3n) is 3.05. The van der Waals surface area contributed by atoms with Gasteiger partial charge in [-0.2, -0.15) is 0 Å². The molecule has 1 amide bonds. The van der Waals surface area contributed by atoms with Gasteiger partial charge in [-0.05, 0) is 31.2 Å². The van der Waals surface area contributed by atoms with Gasteiger partial charge in [0.2, 0.25) is 11.8 Å². The lowest BCUT2D eigenvalue weighted by Gasteiger charge is -2.20. The van der Waals surface area contributed by atoms with E-state index in [1.54, 1.807) is 18.3 Å². The van der Waals surface area contributed by atoms with E-state index in [-0.39, 0.29) is 17.8 Å². The molecule has 1 N–H and O–H groups in total. The lowest BCUT2D eigenvalue weighted by atomic mass is 9.95. The highest BCUT2D eigenvalue weighted by atomic mass is 19.1. The number of halogens is 1. The summed E-state index contributed by atoms with van der Waals surface area (Å²) < 4.78 is 18.5. The number of hydrogen-bond acceptors (Lipinski definition) is 3. The highest BCUT2D eigenvalue weighted by molar-refractivity contribution is 5.81. The van der Waals surface area contributed by atoms with E-state index in [2.05, 4.69) is 10.3 Å². The van der Waals surface area contributed by atoms with Crippen molar-refractivity contribution in [3.63, 3.8) is 0 Å². The molecule has 0 aliphatic rings. The summed E-state index contributed by atoms with van der Waals surface area (Å²) in [5, 5.41) is 2.85. The second-order valence-corrected chi connectivity index (χ2v) is 6.01. The number of benzene rings is 1. The van der Waals surface area contributed by atoms with E-state index in [9.17, 15) is 9.18 Å². The first-order valence-electron chi connectivity index (χ1n) is 6.80. The van der Waals surface area contributed by atoms with Crippen LogP contribution in [0, 0.1) is 11.2 Å². The number of carbonyl (C=O) groups excluding carboxylic acids is 1. The quantitative estimate of drug-likeness (QED) is 0.937. The van der Waals surface area contributed by atoms with Crippen LogP contribution in [0.5, 0.6) is 0 Å². The number of oxazole rings is 1. The number of aromatic nitrogens is 1. The lowest BCUT2D eigenvalue weighted by Crippen LogP contribution is -2.36. The van der Waals surface area contributed by atoms with Crippen LogP contribution in [0.15, 0.2) is 34.9 Å². The van der Waals surface area contributed by atoms with Crippen molar-refractivity contribution in [3.8, 4) is 11.3 Å². The third kappa shape index (κ3) is 3.68. The van der Waals surface area contributed by atoms with Gasteiger partial charge in [0.05, 0.1) is 6.20 Å². The molecule has 2 aromatic rings. The van der Waals surface area contributed by atoms with Gasteiger partial charge in [0.15, 0.2) is 5.76 Å². The molecule has 112 valence electrons. The molecule has 1 aromatic carbocycles. The van der Waals surface area contributed by atoms with Crippen molar-refractivity contribution in [2.24, 2.45) is 5.41 Å². The summed E-state index contributed by atoms with van der Waals surface area (Å²) >= 11 is 0. The zero-order chi connectivity index (χ0) is 15.6. The zero-order valence-corrected chi connectivity index (χ0v) is 12.6. The van der Waals surface area contributed by atoms with Gasteiger partial charge in [-0.3, -0.25) is 4.79 Å². The van der Waals surface area contributed by atoms with Crippen LogP contribution < -0.4 is 5.32 Å². The number of nitrogens with zero attached hydrogens (tertiary/aromatic N) is 1. The smallest absolute Gasteiger partial charge is 0.226 e. The second kappa shape index (κ2) is 5.68. The Bertz CT molecular complexity index is 626. The van der Waals surface area contributed by atoms with Crippen molar-refractivity contribution < 1.29 is 13.6 Å². The molecule has 0 saturated carbocycles. The Morgan fingerprint density at radius 3 is 2.48 bits per heavy atom. The van der Waals surface area contributed by atoms with E-state index in [0.717, 1.165) is 5.56 Å². The van der Waals surface area contributed by atoms with E-state index in [0.29, 0.717) is 11.7 Å². The van der Waals surface area contributed by atoms with Crippen molar-refractivity contribution >= 4 is 5.91 Å². The molecular formula is C16H19FN2O2. The normalized spacial score (nSPS) is 13.0. The van der Waals surface area contributed by atoms with Gasteiger partial charge in [-0.25, -0.2) is 9.37 Å². The molecule has 0 radical (unpaired) electrons. The van der Waals surface area contributed by atoms with Crippen LogP contribution in [0.3, 0.4) is 0 Å². The van der Waals surface area contributed by atoms with Gasteiger partial charge < -0.3 is 9.73 Å². The van der Waals surface area contributed by atoms with Crippen LogP contribution in [-0.2, 0) is 4.79 Å². The maximum Gasteiger partial charge on any atom is 0.226 e. The number of rotatable bonds is 3. The molecule has 1 aromatic heterocycles. The Morgan fingerprint density at radius 1 is 1.29 bits per heavy atom. The Balaban J connectivity index is 2.12. The highest BCUT2D eigenvalue weighted by Gasteiger charge is 2.24. The van der Waals surface area contributed by atoms with Gasteiger partial charge in [0.25, 0.3) is 0 Å². The highest BCUT2D eigenvalue weighted by Crippen LogP contribution is 2.24. The minimum atomic E-state index is -0.472. The molecule has 2 rings (SSSR count). The van der Waals surface area contributed by atoms with Crippen LogP contribution in [0.4, 0.5) is 4.39 Å². The molecule has 1 atom stereocenters. The van der Waals surface area contributed by atoms with Crippen molar-refractivity contribution in [2.45, 2.75) is 33.7 Å². The Hall–Kier alpha value is -2.17. The first kappa shape index (κ1) is 15.2. The summed E-state index contributed by atoms with van der Waals surface area (Å²) in [4.78, 5) is 16.1. The Morgan fingerprint density at radius 2 is 1.90 bits per heavy atom. The molecule has 1 heterocycles. The average molecular weight is 290 g/mol. The van der Waals surface area contributed by atoms with E-state index in [1.165, 1.54) is 12.1 Å². The monoisotopic (exact) mass is 290 g/mol. The third-order valence-corrected chi connectivity index (χ3v) is 3.05. The Kier molecular flexibility index (Phi) is 4.11. The van der Waals surface area contributed by atoms with Gasteiger partial charge in [0, 0.05) is 11.0 Å². The van der Waals surface area contributed by atoms with E-state index in [1.807, 2.05) is 27.7 Å².